The van der Waals surface area contributed by atoms with Crippen molar-refractivity contribution in [2.75, 3.05) is 20.3 Å². The summed E-state index contributed by atoms with van der Waals surface area (Å²) in [5.74, 6) is 5.74. The van der Waals surface area contributed by atoms with Gasteiger partial charge >= 0.3 is 0 Å². The molecule has 0 aliphatic heterocycles. The third kappa shape index (κ3) is 11.1. The van der Waals surface area contributed by atoms with Crippen LogP contribution in [0.4, 0.5) is 4.39 Å². The fourth-order valence-corrected chi connectivity index (χ4v) is 2.10. The van der Waals surface area contributed by atoms with Crippen molar-refractivity contribution in [3.63, 3.8) is 0 Å². The van der Waals surface area contributed by atoms with E-state index in [1.54, 1.807) is 18.3 Å². The van der Waals surface area contributed by atoms with Gasteiger partial charge in [0.25, 0.3) is 0 Å². The molecule has 31 heavy (non-hydrogen) atoms. The van der Waals surface area contributed by atoms with Crippen LogP contribution in [-0.2, 0) is 4.74 Å². The summed E-state index contributed by atoms with van der Waals surface area (Å²) in [7, 11) is 1.59. The highest BCUT2D eigenvalue weighted by Crippen LogP contribution is 2.10. The van der Waals surface area contributed by atoms with Crippen LogP contribution in [0.1, 0.15) is 51.4 Å². The molecule has 1 rings (SSSR count). The third-order valence-electron chi connectivity index (χ3n) is 4.61. The average Bonchev–Trinajstić information content (AvgIpc) is 2.75. The standard InChI is InChI=1S/C16H31N5O.C7H5FO/c1-7-11(2)13(4)20-8-15(12(3)17)9-21(19)14(5)16(18)10-22-6;8-7-3-1-6(5-9)2-4-7/h8H,7,9-10,17-19H2,1-6H3;1-5H/b13-11+,15-12-,16-14-,20-8+;. The molecule has 172 valence electrons. The number of nitrogens with two attached hydrogens (primary N) is 3. The predicted octanol–water partition coefficient (Wildman–Crippen LogP) is 3.64. The topological polar surface area (TPSA) is 120 Å². The first-order valence-corrected chi connectivity index (χ1v) is 9.90. The number of carbonyl (C=O) groups is 1. The molecule has 0 saturated heterocycles. The summed E-state index contributed by atoms with van der Waals surface area (Å²) in [5, 5.41) is 1.55. The molecule has 0 fully saturated rings. The Labute approximate surface area is 185 Å². The summed E-state index contributed by atoms with van der Waals surface area (Å²) < 4.78 is 17.1. The molecule has 0 aliphatic rings. The summed E-state index contributed by atoms with van der Waals surface area (Å²) >= 11 is 0. The zero-order valence-corrected chi connectivity index (χ0v) is 19.4. The minimum absolute atomic E-state index is 0.319. The summed E-state index contributed by atoms with van der Waals surface area (Å²) in [6, 6.07) is 5.37. The third-order valence-corrected chi connectivity index (χ3v) is 4.61. The summed E-state index contributed by atoms with van der Waals surface area (Å²) in [6.45, 7) is 10.6. The molecule has 1 aromatic carbocycles. The molecule has 0 atom stereocenters. The minimum Gasteiger partial charge on any atom is -0.402 e. The van der Waals surface area contributed by atoms with Crippen molar-refractivity contribution >= 4 is 12.5 Å². The Bertz CT molecular complexity index is 823. The summed E-state index contributed by atoms with van der Waals surface area (Å²) in [5.41, 5.74) is 17.5. The van der Waals surface area contributed by atoms with Gasteiger partial charge in [-0.2, -0.15) is 0 Å². The van der Waals surface area contributed by atoms with Gasteiger partial charge in [-0.15, -0.1) is 0 Å². The van der Waals surface area contributed by atoms with Crippen molar-refractivity contribution in [3.8, 4) is 0 Å². The van der Waals surface area contributed by atoms with Crippen LogP contribution < -0.4 is 17.3 Å². The molecule has 0 aromatic heterocycles. The largest absolute Gasteiger partial charge is 0.402 e. The number of hydrazine groups is 1. The molecule has 0 aliphatic carbocycles. The zero-order valence-electron chi connectivity index (χ0n) is 19.4. The first-order valence-electron chi connectivity index (χ1n) is 9.90. The second-order valence-corrected chi connectivity index (χ2v) is 7.03. The van der Waals surface area contributed by atoms with Gasteiger partial charge in [-0.3, -0.25) is 9.79 Å². The maximum Gasteiger partial charge on any atom is 0.150 e. The lowest BCUT2D eigenvalue weighted by atomic mass is 10.2. The van der Waals surface area contributed by atoms with Gasteiger partial charge < -0.3 is 21.2 Å². The summed E-state index contributed by atoms with van der Waals surface area (Å²) in [4.78, 5) is 14.5. The molecule has 0 radical (unpaired) electrons. The van der Waals surface area contributed by atoms with Crippen molar-refractivity contribution in [1.29, 1.82) is 0 Å². The summed E-state index contributed by atoms with van der Waals surface area (Å²) in [6.07, 6.45) is 3.42. The van der Waals surface area contributed by atoms with Crippen molar-refractivity contribution in [2.24, 2.45) is 22.3 Å². The predicted molar refractivity (Wildman–Crippen MR) is 125 cm³/mol. The lowest BCUT2D eigenvalue weighted by Crippen LogP contribution is -2.34. The lowest BCUT2D eigenvalue weighted by Gasteiger charge is -2.22. The Kier molecular flexibility index (Phi) is 13.5. The molecule has 0 heterocycles. The van der Waals surface area contributed by atoms with E-state index in [0.29, 0.717) is 36.4 Å². The molecule has 0 spiro atoms. The second-order valence-electron chi connectivity index (χ2n) is 7.03. The molecule has 8 heteroatoms. The molecule has 0 unspecified atom stereocenters. The number of aldehydes is 1. The number of ether oxygens (including phenoxy) is 1. The van der Waals surface area contributed by atoms with Gasteiger partial charge in [-0.25, -0.2) is 10.2 Å². The number of hydrogen-bond acceptors (Lipinski definition) is 7. The first-order chi connectivity index (χ1) is 14.6. The number of benzene rings is 1. The molecule has 6 N–H and O–H groups in total. The highest BCUT2D eigenvalue weighted by Gasteiger charge is 2.08. The van der Waals surface area contributed by atoms with Crippen molar-refractivity contribution in [2.45, 2.75) is 41.0 Å². The molecule has 0 saturated carbocycles. The second kappa shape index (κ2) is 14.9. The number of carbonyl (C=O) groups excluding carboxylic acids is 1. The van der Waals surface area contributed by atoms with Crippen molar-refractivity contribution < 1.29 is 13.9 Å². The number of methoxy groups -OCH3 is 1. The number of allylic oxidation sites excluding steroid dienone is 4. The number of hydrogen-bond donors (Lipinski definition) is 3. The van der Waals surface area contributed by atoms with E-state index in [4.69, 9.17) is 22.0 Å². The van der Waals surface area contributed by atoms with Crippen LogP contribution in [0.2, 0.25) is 0 Å². The highest BCUT2D eigenvalue weighted by molar-refractivity contribution is 5.80. The van der Waals surface area contributed by atoms with Gasteiger partial charge in [0.15, 0.2) is 0 Å². The Balaban J connectivity index is 0.000000823. The van der Waals surface area contributed by atoms with Crippen molar-refractivity contribution in [3.05, 3.63) is 69.6 Å². The van der Waals surface area contributed by atoms with E-state index < -0.39 is 0 Å². The van der Waals surface area contributed by atoms with E-state index in [2.05, 4.69) is 18.8 Å². The monoisotopic (exact) mass is 433 g/mol. The maximum absolute atomic E-state index is 12.1. The zero-order chi connectivity index (χ0) is 24.0. The van der Waals surface area contributed by atoms with Crippen LogP contribution in [-0.4, -0.2) is 37.8 Å². The van der Waals surface area contributed by atoms with Crippen LogP contribution >= 0.6 is 0 Å². The molecule has 0 amide bonds. The van der Waals surface area contributed by atoms with Crippen LogP contribution in [0.3, 0.4) is 0 Å². The van der Waals surface area contributed by atoms with E-state index in [9.17, 15) is 9.18 Å². The minimum atomic E-state index is -0.319. The van der Waals surface area contributed by atoms with Crippen LogP contribution in [0.25, 0.3) is 0 Å². The number of rotatable bonds is 9. The van der Waals surface area contributed by atoms with Gasteiger partial charge in [0, 0.05) is 41.6 Å². The van der Waals surface area contributed by atoms with Gasteiger partial charge in [-0.05, 0) is 58.4 Å². The fraction of sp³-hybridized carbons (Fsp3) is 0.391. The smallest absolute Gasteiger partial charge is 0.150 e. The molecule has 1 aromatic rings. The van der Waals surface area contributed by atoms with Crippen LogP contribution in [0, 0.1) is 5.82 Å². The Morgan fingerprint density at radius 3 is 2.19 bits per heavy atom. The first kappa shape index (κ1) is 28.0. The molecular weight excluding hydrogens is 397 g/mol. The van der Waals surface area contributed by atoms with Crippen LogP contribution in [0.15, 0.2) is 63.2 Å². The molecular formula is C23H36FN5O2. The van der Waals surface area contributed by atoms with Gasteiger partial charge in [0.1, 0.15) is 12.1 Å². The Hall–Kier alpha value is -2.97. The van der Waals surface area contributed by atoms with Crippen molar-refractivity contribution in [1.82, 2.24) is 5.01 Å². The number of halogens is 1. The molecule has 0 bridgehead atoms. The number of aliphatic imine (C=N–C) groups is 1. The average molecular weight is 434 g/mol. The maximum atomic E-state index is 12.1. The van der Waals surface area contributed by atoms with E-state index in [1.807, 2.05) is 20.8 Å². The van der Waals surface area contributed by atoms with Gasteiger partial charge in [-0.1, -0.05) is 12.5 Å². The quantitative estimate of drug-likeness (QED) is 0.237. The Morgan fingerprint density at radius 2 is 1.74 bits per heavy atom. The number of nitrogens with zero attached hydrogens (tertiary/aromatic N) is 2. The molecule has 7 nitrogen and oxygen atoms in total. The van der Waals surface area contributed by atoms with E-state index in [-0.39, 0.29) is 5.82 Å². The van der Waals surface area contributed by atoms with E-state index >= 15 is 0 Å². The lowest BCUT2D eigenvalue weighted by molar-refractivity contribution is 0.112. The normalized spacial score (nSPS) is 13.5. The van der Waals surface area contributed by atoms with E-state index in [0.717, 1.165) is 23.4 Å². The van der Waals surface area contributed by atoms with Gasteiger partial charge in [0.2, 0.25) is 0 Å². The van der Waals surface area contributed by atoms with Gasteiger partial charge in [0.05, 0.1) is 18.8 Å². The Morgan fingerprint density at radius 1 is 1.16 bits per heavy atom. The fourth-order valence-electron chi connectivity index (χ4n) is 2.10. The van der Waals surface area contributed by atoms with Crippen LogP contribution in [0.5, 0.6) is 0 Å². The highest BCUT2D eigenvalue weighted by atomic mass is 19.1. The SMILES string of the molecule is CC/C(C)=C(C)/N=C/C(CN(N)/C(C)=C(\N)COC)=C(\C)N.O=Cc1ccc(F)cc1. The van der Waals surface area contributed by atoms with E-state index in [1.165, 1.54) is 29.8 Å².